The van der Waals surface area contributed by atoms with Crippen LogP contribution in [0.25, 0.3) is 0 Å². The lowest BCUT2D eigenvalue weighted by atomic mass is 10.0. The molecule has 0 saturated carbocycles. The van der Waals surface area contributed by atoms with Crippen LogP contribution >= 0.6 is 0 Å². The second-order valence-corrected chi connectivity index (χ2v) is 7.13. The largest absolute Gasteiger partial charge is 0.493 e. The van der Waals surface area contributed by atoms with Gasteiger partial charge >= 0.3 is 0 Å². The molecule has 4 rings (SSSR count). The fourth-order valence-electron chi connectivity index (χ4n) is 3.51. The third kappa shape index (κ3) is 4.85. The van der Waals surface area contributed by atoms with Gasteiger partial charge in [0.05, 0.1) is 32.7 Å². The van der Waals surface area contributed by atoms with Crippen LogP contribution in [0.15, 0.2) is 64.6 Å². The van der Waals surface area contributed by atoms with Crippen molar-refractivity contribution in [2.24, 2.45) is 5.10 Å². The normalized spacial score (nSPS) is 13.5. The molecule has 1 amide bonds. The number of aromatic nitrogens is 1. The van der Waals surface area contributed by atoms with E-state index >= 15 is 0 Å². The summed E-state index contributed by atoms with van der Waals surface area (Å²) in [7, 11) is 3.25. The highest BCUT2D eigenvalue weighted by Gasteiger charge is 2.16. The van der Waals surface area contributed by atoms with E-state index in [9.17, 15) is 4.79 Å². The number of methoxy groups -OCH3 is 2. The van der Waals surface area contributed by atoms with Crippen molar-refractivity contribution >= 4 is 17.3 Å². The minimum absolute atomic E-state index is 0.172. The van der Waals surface area contributed by atoms with E-state index in [0.29, 0.717) is 23.7 Å². The number of amides is 1. The Morgan fingerprint density at radius 2 is 2.03 bits per heavy atom. The van der Waals surface area contributed by atoms with Gasteiger partial charge in [0.1, 0.15) is 0 Å². The molecule has 0 atom stereocenters. The number of carbonyl (C=O) groups excluding carboxylic acids is 1. The van der Waals surface area contributed by atoms with E-state index in [-0.39, 0.29) is 11.7 Å². The average Bonchev–Trinajstić information content (AvgIpc) is 3.34. The van der Waals surface area contributed by atoms with Crippen LogP contribution in [0.2, 0.25) is 0 Å². The minimum atomic E-state index is -0.332. The maximum atomic E-state index is 12.2. The van der Waals surface area contributed by atoms with Crippen LogP contribution in [0.5, 0.6) is 11.5 Å². The molecule has 0 fully saturated rings. The number of oxazole rings is 1. The highest BCUT2D eigenvalue weighted by Crippen LogP contribution is 2.29. The fourth-order valence-corrected chi connectivity index (χ4v) is 3.51. The first-order chi connectivity index (χ1) is 15.2. The van der Waals surface area contributed by atoms with Crippen molar-refractivity contribution < 1.29 is 18.7 Å². The van der Waals surface area contributed by atoms with Crippen molar-refractivity contribution in [3.05, 3.63) is 71.9 Å². The second-order valence-electron chi connectivity index (χ2n) is 7.13. The van der Waals surface area contributed by atoms with Crippen molar-refractivity contribution in [3.8, 4) is 11.5 Å². The summed E-state index contributed by atoms with van der Waals surface area (Å²) in [6, 6.07) is 13.6. The van der Waals surface area contributed by atoms with Crippen LogP contribution in [0, 0.1) is 0 Å². The van der Waals surface area contributed by atoms with Crippen LogP contribution in [-0.2, 0) is 6.54 Å². The zero-order valence-corrected chi connectivity index (χ0v) is 17.5. The Labute approximate surface area is 180 Å². The number of hydrogen-bond acceptors (Lipinski definition) is 7. The minimum Gasteiger partial charge on any atom is -0.493 e. The molecule has 3 aromatic rings. The van der Waals surface area contributed by atoms with Crippen LogP contribution in [0.3, 0.4) is 0 Å². The molecular weight excluding hydrogens is 396 g/mol. The standard InChI is InChI=1S/C23H24N4O4/c1-29-20-9-8-17(12-21(20)30-2)19-7-4-10-27(26-19)14-16-5-3-6-18(11-16)25-23(28)22-13-24-15-31-22/h3,5-6,8-9,11-13,15H,4,7,10,14H2,1-2H3,(H,25,28). The lowest BCUT2D eigenvalue weighted by Gasteiger charge is -2.26. The van der Waals surface area contributed by atoms with Gasteiger partial charge in [0, 0.05) is 17.8 Å². The molecule has 8 heteroatoms. The van der Waals surface area contributed by atoms with Gasteiger partial charge in [-0.3, -0.25) is 9.80 Å². The number of hydrazone groups is 1. The highest BCUT2D eigenvalue weighted by atomic mass is 16.5. The Kier molecular flexibility index (Phi) is 6.16. The summed E-state index contributed by atoms with van der Waals surface area (Å²) in [5.41, 5.74) is 3.78. The summed E-state index contributed by atoms with van der Waals surface area (Å²) in [4.78, 5) is 15.9. The Hall–Kier alpha value is -3.81. The Morgan fingerprint density at radius 3 is 2.81 bits per heavy atom. The number of ether oxygens (including phenoxy) is 2. The van der Waals surface area contributed by atoms with Crippen molar-refractivity contribution in [1.82, 2.24) is 9.99 Å². The molecule has 0 aliphatic carbocycles. The SMILES string of the molecule is COc1ccc(C2=NN(Cc3cccc(NC(=O)c4cnco4)c3)CCC2)cc1OC. The number of anilines is 1. The summed E-state index contributed by atoms with van der Waals surface area (Å²) < 4.78 is 15.8. The molecule has 1 aliphatic rings. The number of hydrogen-bond donors (Lipinski definition) is 1. The van der Waals surface area contributed by atoms with Gasteiger partial charge in [-0.2, -0.15) is 5.10 Å². The van der Waals surface area contributed by atoms with Gasteiger partial charge in [0.25, 0.3) is 5.91 Å². The Morgan fingerprint density at radius 1 is 1.16 bits per heavy atom. The van der Waals surface area contributed by atoms with Crippen LogP contribution in [0.1, 0.15) is 34.5 Å². The van der Waals surface area contributed by atoms with Gasteiger partial charge in [-0.1, -0.05) is 12.1 Å². The monoisotopic (exact) mass is 420 g/mol. The second kappa shape index (κ2) is 9.34. The Balaban J connectivity index is 1.47. The molecule has 0 saturated heterocycles. The molecule has 160 valence electrons. The first-order valence-corrected chi connectivity index (χ1v) is 10.00. The van der Waals surface area contributed by atoms with Gasteiger partial charge in [0.15, 0.2) is 17.9 Å². The number of carbonyl (C=O) groups is 1. The zero-order valence-electron chi connectivity index (χ0n) is 17.5. The van der Waals surface area contributed by atoms with Gasteiger partial charge in [-0.25, -0.2) is 4.98 Å². The third-order valence-electron chi connectivity index (χ3n) is 5.01. The molecule has 1 N–H and O–H groups in total. The topological polar surface area (TPSA) is 89.2 Å². The van der Waals surface area contributed by atoms with E-state index in [1.807, 2.05) is 47.5 Å². The lowest BCUT2D eigenvalue weighted by molar-refractivity contribution is 0.0996. The predicted octanol–water partition coefficient (Wildman–Crippen LogP) is 3.94. The predicted molar refractivity (Wildman–Crippen MR) is 117 cm³/mol. The summed E-state index contributed by atoms with van der Waals surface area (Å²) in [5.74, 6) is 1.23. The van der Waals surface area contributed by atoms with Crippen molar-refractivity contribution in [2.75, 3.05) is 26.1 Å². The van der Waals surface area contributed by atoms with Gasteiger partial charge in [-0.05, 0) is 48.7 Å². The quantitative estimate of drug-likeness (QED) is 0.623. The smallest absolute Gasteiger partial charge is 0.293 e. The number of rotatable bonds is 7. The lowest BCUT2D eigenvalue weighted by Crippen LogP contribution is -2.26. The zero-order chi connectivity index (χ0) is 21.6. The van der Waals surface area contributed by atoms with Crippen LogP contribution in [-0.4, -0.2) is 42.4 Å². The van der Waals surface area contributed by atoms with Crippen molar-refractivity contribution in [1.29, 1.82) is 0 Å². The van der Waals surface area contributed by atoms with Gasteiger partial charge in [-0.15, -0.1) is 0 Å². The molecule has 0 bridgehead atoms. The van der Waals surface area contributed by atoms with Crippen LogP contribution in [0.4, 0.5) is 5.69 Å². The fraction of sp³-hybridized carbons (Fsp3) is 0.261. The van der Waals surface area contributed by atoms with E-state index < -0.39 is 0 Å². The maximum absolute atomic E-state index is 12.2. The number of nitrogens with one attached hydrogen (secondary N) is 1. The number of benzene rings is 2. The summed E-state index contributed by atoms with van der Waals surface area (Å²) in [5, 5.41) is 9.73. The molecule has 31 heavy (non-hydrogen) atoms. The maximum Gasteiger partial charge on any atom is 0.293 e. The molecule has 0 spiro atoms. The first kappa shape index (κ1) is 20.5. The number of nitrogens with zero attached hydrogens (tertiary/aromatic N) is 3. The van der Waals surface area contributed by atoms with Crippen molar-refractivity contribution in [3.63, 3.8) is 0 Å². The third-order valence-corrected chi connectivity index (χ3v) is 5.01. The summed E-state index contributed by atoms with van der Waals surface area (Å²) in [6.07, 6.45) is 4.53. The van der Waals surface area contributed by atoms with E-state index in [0.717, 1.165) is 36.2 Å². The first-order valence-electron chi connectivity index (χ1n) is 10.00. The molecular formula is C23H24N4O4. The molecule has 0 unspecified atom stereocenters. The molecule has 0 radical (unpaired) electrons. The van der Waals surface area contributed by atoms with Gasteiger partial charge < -0.3 is 19.2 Å². The molecule has 8 nitrogen and oxygen atoms in total. The molecule has 1 aliphatic heterocycles. The van der Waals surface area contributed by atoms with Gasteiger partial charge in [0.2, 0.25) is 5.76 Å². The Bertz CT molecular complexity index is 1080. The average molecular weight is 420 g/mol. The van der Waals surface area contributed by atoms with E-state index in [4.69, 9.17) is 19.0 Å². The van der Waals surface area contributed by atoms with E-state index in [2.05, 4.69) is 10.3 Å². The summed E-state index contributed by atoms with van der Waals surface area (Å²) >= 11 is 0. The molecule has 1 aromatic heterocycles. The van der Waals surface area contributed by atoms with E-state index in [1.165, 1.54) is 12.6 Å². The molecule has 2 heterocycles. The van der Waals surface area contributed by atoms with Crippen molar-refractivity contribution in [2.45, 2.75) is 19.4 Å². The van der Waals surface area contributed by atoms with Crippen LogP contribution < -0.4 is 14.8 Å². The highest BCUT2D eigenvalue weighted by molar-refractivity contribution is 6.02. The summed E-state index contributed by atoms with van der Waals surface area (Å²) in [6.45, 7) is 1.51. The van der Waals surface area contributed by atoms with E-state index in [1.54, 1.807) is 14.2 Å². The molecule has 2 aromatic carbocycles.